The minimum absolute atomic E-state index is 0.617. The predicted octanol–water partition coefficient (Wildman–Crippen LogP) is 23.9. The number of rotatable bonds is 4. The summed E-state index contributed by atoms with van der Waals surface area (Å²) in [6, 6.07) is 108. The maximum absolute atomic E-state index is 5.89. The lowest BCUT2D eigenvalue weighted by atomic mass is 9.94. The van der Waals surface area contributed by atoms with Crippen LogP contribution in [0.3, 0.4) is 0 Å². The summed E-state index contributed by atoms with van der Waals surface area (Å²) in [4.78, 5) is 22.7. The van der Waals surface area contributed by atoms with Crippen LogP contribution in [0.25, 0.3) is 247 Å². The van der Waals surface area contributed by atoms with E-state index in [4.69, 9.17) is 19.9 Å². The quantitative estimate of drug-likeness (QED) is 0.176. The molecule has 0 atom stereocenters. The third-order valence-electron chi connectivity index (χ3n) is 23.4. The molecule has 0 aliphatic heterocycles. The van der Waals surface area contributed by atoms with Crippen molar-refractivity contribution in [3.63, 3.8) is 0 Å². The van der Waals surface area contributed by atoms with Gasteiger partial charge in [-0.1, -0.05) is 200 Å². The Kier molecular flexibility index (Phi) is 9.59. The molecule has 9 heterocycles. The normalized spacial score (nSPS) is 12.9. The zero-order valence-electron chi connectivity index (χ0n) is 54.8. The molecule has 9 aromatic heterocycles. The minimum Gasteiger partial charge on any atom is -0.308 e. The van der Waals surface area contributed by atoms with Crippen LogP contribution in [0.4, 0.5) is 0 Å². The Balaban J connectivity index is 0.692. The smallest absolute Gasteiger partial charge is 0.237 e. The second-order valence-corrected chi connectivity index (χ2v) is 28.3. The molecule has 16 aromatic carbocycles. The van der Waals surface area contributed by atoms with Crippen molar-refractivity contribution in [1.82, 2.24) is 42.4 Å². The van der Waals surface area contributed by atoms with E-state index in [2.05, 4.69) is 314 Å². The van der Waals surface area contributed by atoms with E-state index in [1.165, 1.54) is 135 Å². The lowest BCUT2D eigenvalue weighted by Gasteiger charge is -2.14. The van der Waals surface area contributed by atoms with Gasteiger partial charge in [0.25, 0.3) is 0 Å². The SMILES string of the molecule is c1cc2c3c(cc(-c4ccc5c(ccc6c5c5c7c8ccccc8n8c9ccccc9c(cc5n6-c5nc(-n6c9ccccc9c9c%10ccccc%10ccc96)nc6ccccc56)c78)c4)cc3c1)-c1ncc(-n3c4ccc5ccccc5c4c4c5c6ccccc6n6c7ccccc7c(cc43)c56)nc1-2. The van der Waals surface area contributed by atoms with E-state index < -0.39 is 0 Å². The first-order valence-electron chi connectivity index (χ1n) is 35.4. The largest absolute Gasteiger partial charge is 0.308 e. The average molecular weight is 1300 g/mol. The van der Waals surface area contributed by atoms with Crippen LogP contribution in [0.5, 0.6) is 0 Å². The molecule has 0 bridgehead atoms. The summed E-state index contributed by atoms with van der Waals surface area (Å²) in [5.41, 5.74) is 20.9. The van der Waals surface area contributed by atoms with Crippen molar-refractivity contribution in [2.75, 3.05) is 0 Å². The number of fused-ring (bicyclic) bond motifs is 33. The molecule has 9 heteroatoms. The van der Waals surface area contributed by atoms with Gasteiger partial charge >= 0.3 is 0 Å². The number of nitrogens with zero attached hydrogens (tertiary/aromatic N) is 9. The van der Waals surface area contributed by atoms with E-state index >= 15 is 0 Å². The molecule has 26 rings (SSSR count). The van der Waals surface area contributed by atoms with E-state index in [1.807, 2.05) is 6.20 Å². The third kappa shape index (κ3) is 6.47. The molecule has 0 fully saturated rings. The average Bonchev–Trinajstić information content (AvgIpc) is 1.52. The van der Waals surface area contributed by atoms with Gasteiger partial charge < -0.3 is 8.80 Å². The standard InChI is InChI=1S/C94H49N9/c1-3-21-56-50(18-1)37-41-75-82(56)62-26-8-16-35-74(62)103(75)94-96-69-30-11-5-25-61(69)93(98-94)102-77-43-39-53-44-52(36-40-58(53)84(77)88-79(102)48-67-60-24-7-13-32-71(60)101-73-34-15-10-28-64(73)86(88)92(67)101)55-45-54-20-17-29-65-81(54)68(46-55)89-90(65)97-80(49-95-89)99-76-42-38-51-19-2-4-22-57(51)83(76)87-78(99)47-66-59-23-6-12-31-70(59)100-72-33-14-9-27-63(72)85(87)91(66)100/h1-49H. The van der Waals surface area contributed by atoms with Crippen molar-refractivity contribution in [2.45, 2.75) is 0 Å². The Hall–Kier alpha value is -14.0. The van der Waals surface area contributed by atoms with Crippen molar-refractivity contribution in [2.24, 2.45) is 0 Å². The molecule has 9 nitrogen and oxygen atoms in total. The minimum atomic E-state index is 0.617. The maximum atomic E-state index is 5.89. The van der Waals surface area contributed by atoms with Crippen LogP contribution in [-0.2, 0) is 0 Å². The van der Waals surface area contributed by atoms with Crippen LogP contribution in [0.15, 0.2) is 297 Å². The Labute approximate surface area is 583 Å². The van der Waals surface area contributed by atoms with Gasteiger partial charge in [-0.25, -0.2) is 9.97 Å². The lowest BCUT2D eigenvalue weighted by Crippen LogP contribution is -2.07. The summed E-state index contributed by atoms with van der Waals surface area (Å²) in [6.07, 6.45) is 2.02. The molecule has 0 unspecified atom stereocenters. The summed E-state index contributed by atoms with van der Waals surface area (Å²) in [5, 5.41) is 27.5. The van der Waals surface area contributed by atoms with Gasteiger partial charge in [0.15, 0.2) is 11.6 Å². The number of para-hydroxylation sites is 6. The topological polar surface area (TPSA) is 75.2 Å². The fraction of sp³-hybridized carbons (Fsp3) is 0. The van der Waals surface area contributed by atoms with Gasteiger partial charge in [0.1, 0.15) is 0 Å². The summed E-state index contributed by atoms with van der Waals surface area (Å²) in [7, 11) is 0. The van der Waals surface area contributed by atoms with Gasteiger partial charge in [-0.15, -0.1) is 0 Å². The second kappa shape index (κ2) is 18.6. The van der Waals surface area contributed by atoms with Crippen LogP contribution in [0.2, 0.25) is 0 Å². The van der Waals surface area contributed by atoms with E-state index in [1.54, 1.807) is 0 Å². The Morgan fingerprint density at radius 1 is 0.233 bits per heavy atom. The molecule has 470 valence electrons. The highest BCUT2D eigenvalue weighted by molar-refractivity contribution is 6.40. The number of hydrogen-bond acceptors (Lipinski definition) is 4. The van der Waals surface area contributed by atoms with Crippen molar-refractivity contribution in [1.29, 1.82) is 0 Å². The van der Waals surface area contributed by atoms with Crippen LogP contribution in [0, 0.1) is 0 Å². The molecule has 0 N–H and O–H groups in total. The van der Waals surface area contributed by atoms with Crippen LogP contribution in [-0.4, -0.2) is 42.4 Å². The van der Waals surface area contributed by atoms with Gasteiger partial charge in [0, 0.05) is 97.3 Å². The van der Waals surface area contributed by atoms with E-state index in [0.717, 1.165) is 105 Å². The van der Waals surface area contributed by atoms with Crippen LogP contribution in [0.1, 0.15) is 0 Å². The Bertz CT molecular complexity index is 8260. The molecule has 0 saturated carbocycles. The highest BCUT2D eigenvalue weighted by Gasteiger charge is 2.32. The first-order chi connectivity index (χ1) is 51.1. The predicted molar refractivity (Wildman–Crippen MR) is 427 cm³/mol. The molecule has 25 aromatic rings. The first kappa shape index (κ1) is 53.0. The van der Waals surface area contributed by atoms with Crippen molar-refractivity contribution in [3.05, 3.63) is 297 Å². The van der Waals surface area contributed by atoms with Gasteiger partial charge in [0.2, 0.25) is 5.95 Å². The van der Waals surface area contributed by atoms with Crippen molar-refractivity contribution in [3.8, 4) is 51.2 Å². The molecular weight excluding hydrogens is 1260 g/mol. The zero-order valence-corrected chi connectivity index (χ0v) is 54.8. The highest BCUT2D eigenvalue weighted by Crippen LogP contribution is 2.53. The fourth-order valence-corrected chi connectivity index (χ4v) is 19.4. The van der Waals surface area contributed by atoms with Gasteiger partial charge in [-0.05, 0) is 140 Å². The van der Waals surface area contributed by atoms with Gasteiger partial charge in [-0.2, -0.15) is 4.98 Å². The molecule has 1 aliphatic rings. The summed E-state index contributed by atoms with van der Waals surface area (Å²) in [6.45, 7) is 0. The summed E-state index contributed by atoms with van der Waals surface area (Å²) < 4.78 is 12.1. The molecule has 0 amide bonds. The summed E-state index contributed by atoms with van der Waals surface area (Å²) in [5.74, 6) is 2.23. The lowest BCUT2D eigenvalue weighted by molar-refractivity contribution is 0.973. The third-order valence-corrected chi connectivity index (χ3v) is 23.4. The van der Waals surface area contributed by atoms with Crippen molar-refractivity contribution >= 4 is 196 Å². The first-order valence-corrected chi connectivity index (χ1v) is 35.4. The Morgan fingerprint density at radius 3 is 1.39 bits per heavy atom. The highest BCUT2D eigenvalue weighted by atomic mass is 15.2. The van der Waals surface area contributed by atoms with Crippen molar-refractivity contribution < 1.29 is 0 Å². The van der Waals surface area contributed by atoms with E-state index in [-0.39, 0.29) is 0 Å². The molecule has 0 saturated heterocycles. The molecule has 0 radical (unpaired) electrons. The summed E-state index contributed by atoms with van der Waals surface area (Å²) >= 11 is 0. The van der Waals surface area contributed by atoms with Crippen LogP contribution < -0.4 is 0 Å². The fourth-order valence-electron chi connectivity index (χ4n) is 19.4. The van der Waals surface area contributed by atoms with Crippen LogP contribution >= 0.6 is 0 Å². The maximum Gasteiger partial charge on any atom is 0.237 e. The monoisotopic (exact) mass is 1300 g/mol. The van der Waals surface area contributed by atoms with Gasteiger partial charge in [0.05, 0.1) is 89.3 Å². The van der Waals surface area contributed by atoms with E-state index in [9.17, 15) is 0 Å². The van der Waals surface area contributed by atoms with E-state index in [0.29, 0.717) is 5.95 Å². The number of aromatic nitrogens is 9. The van der Waals surface area contributed by atoms with Gasteiger partial charge in [-0.3, -0.25) is 18.7 Å². The molecule has 0 spiro atoms. The Morgan fingerprint density at radius 2 is 0.728 bits per heavy atom. The number of hydrogen-bond donors (Lipinski definition) is 0. The molecule has 1 aliphatic carbocycles. The zero-order chi connectivity index (χ0) is 66.3. The molecule has 103 heavy (non-hydrogen) atoms. The molecular formula is C94H49N9. The second-order valence-electron chi connectivity index (χ2n) is 28.3. The number of benzene rings is 16.